The summed E-state index contributed by atoms with van der Waals surface area (Å²) in [5.41, 5.74) is 1.75. The Balaban J connectivity index is 1.68. The molecule has 10 nitrogen and oxygen atoms in total. The van der Waals surface area contributed by atoms with Gasteiger partial charge in [-0.25, -0.2) is 8.42 Å². The molecule has 11 heteroatoms. The lowest BCUT2D eigenvalue weighted by molar-refractivity contribution is 0.145. The number of nitrogens with one attached hydrogen (secondary N) is 1. The molecule has 0 aliphatic heterocycles. The maximum Gasteiger partial charge on any atom is 0.239 e. The van der Waals surface area contributed by atoms with Gasteiger partial charge in [0.15, 0.2) is 5.82 Å². The first kappa shape index (κ1) is 22.3. The number of rotatable bonds is 9. The Kier molecular flexibility index (Phi) is 5.95. The molecule has 1 N–H and O–H groups in total. The lowest BCUT2D eigenvalue weighted by Crippen LogP contribution is -2.33. The van der Waals surface area contributed by atoms with E-state index in [0.29, 0.717) is 18.1 Å². The van der Waals surface area contributed by atoms with Crippen molar-refractivity contribution in [3.63, 3.8) is 0 Å². The number of methoxy groups -OCH3 is 1. The molecule has 1 aliphatic carbocycles. The summed E-state index contributed by atoms with van der Waals surface area (Å²) < 4.78 is 36.6. The van der Waals surface area contributed by atoms with Crippen molar-refractivity contribution in [3.8, 4) is 11.4 Å². The fraction of sp³-hybridized carbons (Fsp3) is 0.476. The lowest BCUT2D eigenvalue weighted by Gasteiger charge is -2.23. The molecule has 3 aromatic rings. The summed E-state index contributed by atoms with van der Waals surface area (Å²) in [5, 5.41) is 7.73. The molecule has 0 amide bonds. The SMILES string of the molecule is COCC1(n2c(NS(=O)(=O)C(C)C(C)c3cnc(C)cn3)nnc2-c2cccnc2)CC1. The number of anilines is 1. The van der Waals surface area contributed by atoms with Crippen LogP contribution < -0.4 is 4.72 Å². The summed E-state index contributed by atoms with van der Waals surface area (Å²) in [5.74, 6) is 0.353. The highest BCUT2D eigenvalue weighted by Gasteiger charge is 2.48. The number of aryl methyl sites for hydroxylation is 1. The highest BCUT2D eigenvalue weighted by atomic mass is 32.2. The van der Waals surface area contributed by atoms with Crippen LogP contribution in [0.5, 0.6) is 0 Å². The van der Waals surface area contributed by atoms with E-state index in [-0.39, 0.29) is 11.9 Å². The average Bonchev–Trinajstić information content (AvgIpc) is 3.44. The molecule has 0 bridgehead atoms. The van der Waals surface area contributed by atoms with Crippen LogP contribution in [-0.4, -0.2) is 57.1 Å². The summed E-state index contributed by atoms with van der Waals surface area (Å²) in [4.78, 5) is 12.7. The molecular formula is C21H27N7O3S. The first-order chi connectivity index (χ1) is 15.3. The lowest BCUT2D eigenvalue weighted by atomic mass is 10.1. The van der Waals surface area contributed by atoms with E-state index in [1.165, 1.54) is 0 Å². The van der Waals surface area contributed by atoms with Gasteiger partial charge in [-0.1, -0.05) is 6.92 Å². The van der Waals surface area contributed by atoms with Crippen LogP contribution in [0.25, 0.3) is 11.4 Å². The number of sulfonamides is 1. The minimum absolute atomic E-state index is 0.174. The maximum atomic E-state index is 13.3. The van der Waals surface area contributed by atoms with Crippen LogP contribution in [0.1, 0.15) is 44.0 Å². The summed E-state index contributed by atoms with van der Waals surface area (Å²) >= 11 is 0. The van der Waals surface area contributed by atoms with E-state index >= 15 is 0 Å². The van der Waals surface area contributed by atoms with Crippen molar-refractivity contribution in [2.24, 2.45) is 0 Å². The zero-order chi connectivity index (χ0) is 22.9. The van der Waals surface area contributed by atoms with Crippen molar-refractivity contribution in [2.75, 3.05) is 18.4 Å². The fourth-order valence-electron chi connectivity index (χ4n) is 3.69. The van der Waals surface area contributed by atoms with Gasteiger partial charge in [0.25, 0.3) is 0 Å². The van der Waals surface area contributed by atoms with Gasteiger partial charge in [0.1, 0.15) is 0 Å². The second-order valence-corrected chi connectivity index (χ2v) is 10.3. The van der Waals surface area contributed by atoms with Gasteiger partial charge in [-0.15, -0.1) is 10.2 Å². The first-order valence-corrected chi connectivity index (χ1v) is 12.0. The van der Waals surface area contributed by atoms with Crippen LogP contribution in [0, 0.1) is 6.92 Å². The Morgan fingerprint density at radius 3 is 2.56 bits per heavy atom. The maximum absolute atomic E-state index is 13.3. The predicted octanol–water partition coefficient (Wildman–Crippen LogP) is 2.51. The van der Waals surface area contributed by atoms with E-state index in [1.54, 1.807) is 44.9 Å². The van der Waals surface area contributed by atoms with Crippen molar-refractivity contribution in [1.82, 2.24) is 29.7 Å². The van der Waals surface area contributed by atoms with Crippen LogP contribution in [0.4, 0.5) is 5.95 Å². The number of hydrogen-bond donors (Lipinski definition) is 1. The molecule has 3 aromatic heterocycles. The Morgan fingerprint density at radius 2 is 1.97 bits per heavy atom. The van der Waals surface area contributed by atoms with Crippen molar-refractivity contribution >= 4 is 16.0 Å². The highest BCUT2D eigenvalue weighted by Crippen LogP contribution is 2.47. The van der Waals surface area contributed by atoms with Crippen LogP contribution in [0.3, 0.4) is 0 Å². The summed E-state index contributed by atoms with van der Waals surface area (Å²) in [6.45, 7) is 5.74. The monoisotopic (exact) mass is 457 g/mol. The van der Waals surface area contributed by atoms with Gasteiger partial charge in [-0.3, -0.25) is 24.2 Å². The van der Waals surface area contributed by atoms with Gasteiger partial charge in [0, 0.05) is 43.4 Å². The normalized spacial score (nSPS) is 17.0. The molecule has 1 aliphatic rings. The molecule has 0 radical (unpaired) electrons. The van der Waals surface area contributed by atoms with E-state index < -0.39 is 20.8 Å². The molecular weight excluding hydrogens is 430 g/mol. The van der Waals surface area contributed by atoms with Crippen LogP contribution in [0.2, 0.25) is 0 Å². The topological polar surface area (TPSA) is 125 Å². The number of nitrogens with zero attached hydrogens (tertiary/aromatic N) is 6. The Morgan fingerprint density at radius 1 is 1.19 bits per heavy atom. The molecule has 0 saturated heterocycles. The average molecular weight is 458 g/mol. The van der Waals surface area contributed by atoms with E-state index in [0.717, 1.165) is 24.1 Å². The molecule has 170 valence electrons. The van der Waals surface area contributed by atoms with E-state index in [4.69, 9.17) is 4.74 Å². The standard InChI is InChI=1S/C21H27N7O3S/c1-14-10-24-18(12-23-14)15(2)16(3)32(29,30)27-20-26-25-19(17-6-5-9-22-11-17)28(20)21(7-8-21)13-31-4/h5-6,9-12,15-16H,7-8,13H2,1-4H3,(H,26,27). The van der Waals surface area contributed by atoms with Gasteiger partial charge < -0.3 is 4.74 Å². The molecule has 1 saturated carbocycles. The summed E-state index contributed by atoms with van der Waals surface area (Å²) in [7, 11) is -2.18. The van der Waals surface area contributed by atoms with Gasteiger partial charge >= 0.3 is 0 Å². The molecule has 0 aromatic carbocycles. The second kappa shape index (κ2) is 8.55. The number of ether oxygens (including phenoxy) is 1. The minimum Gasteiger partial charge on any atom is -0.382 e. The van der Waals surface area contributed by atoms with Crippen LogP contribution in [-0.2, 0) is 20.3 Å². The van der Waals surface area contributed by atoms with Gasteiger partial charge in [0.2, 0.25) is 16.0 Å². The Bertz CT molecular complexity index is 1180. The first-order valence-electron chi connectivity index (χ1n) is 10.4. The summed E-state index contributed by atoms with van der Waals surface area (Å²) in [6.07, 6.45) is 8.29. The Labute approximate surface area is 187 Å². The zero-order valence-corrected chi connectivity index (χ0v) is 19.4. The van der Waals surface area contributed by atoms with Crippen LogP contribution in [0.15, 0.2) is 36.9 Å². The zero-order valence-electron chi connectivity index (χ0n) is 18.6. The van der Waals surface area contributed by atoms with E-state index in [2.05, 4.69) is 29.9 Å². The Hall–Kier alpha value is -2.92. The fourth-order valence-corrected chi connectivity index (χ4v) is 4.94. The predicted molar refractivity (Wildman–Crippen MR) is 120 cm³/mol. The van der Waals surface area contributed by atoms with E-state index in [1.807, 2.05) is 24.5 Å². The second-order valence-electron chi connectivity index (χ2n) is 8.31. The summed E-state index contributed by atoms with van der Waals surface area (Å²) in [6, 6.07) is 3.68. The number of aromatic nitrogens is 6. The molecule has 3 heterocycles. The van der Waals surface area contributed by atoms with Gasteiger partial charge in [-0.2, -0.15) is 0 Å². The van der Waals surface area contributed by atoms with Crippen molar-refractivity contribution in [2.45, 2.75) is 50.3 Å². The molecule has 32 heavy (non-hydrogen) atoms. The smallest absolute Gasteiger partial charge is 0.239 e. The quantitative estimate of drug-likeness (QED) is 0.520. The highest BCUT2D eigenvalue weighted by molar-refractivity contribution is 7.93. The molecule has 0 spiro atoms. The largest absolute Gasteiger partial charge is 0.382 e. The molecule has 2 atom stereocenters. The molecule has 2 unspecified atom stereocenters. The third-order valence-corrected chi connectivity index (χ3v) is 7.85. The third-order valence-electron chi connectivity index (χ3n) is 5.99. The van der Waals surface area contributed by atoms with Crippen molar-refractivity contribution < 1.29 is 13.2 Å². The van der Waals surface area contributed by atoms with E-state index in [9.17, 15) is 8.42 Å². The van der Waals surface area contributed by atoms with Gasteiger partial charge in [0.05, 0.1) is 28.8 Å². The van der Waals surface area contributed by atoms with Gasteiger partial charge in [-0.05, 0) is 38.8 Å². The molecule has 1 fully saturated rings. The number of hydrogen-bond acceptors (Lipinski definition) is 8. The molecule has 4 rings (SSSR count). The van der Waals surface area contributed by atoms with Crippen molar-refractivity contribution in [3.05, 3.63) is 48.3 Å². The minimum atomic E-state index is -3.81. The van der Waals surface area contributed by atoms with Crippen LogP contribution >= 0.6 is 0 Å². The van der Waals surface area contributed by atoms with Crippen molar-refractivity contribution in [1.29, 1.82) is 0 Å². The number of pyridine rings is 1. The third kappa shape index (κ3) is 4.22.